The molecule has 0 radical (unpaired) electrons. The SMILES string of the molecule is CC(C)c1cccc2c1nc(Cl)n2C(C)[C@@H](C)CCC1(S(=O)(=O)NC(=O)[C@H](C)CC/C=C\CCCCC[C@H](Nc2ccccc2)C(=O)N2C[C@H](O)C[C@H]2C(N)=O)CC1. The van der Waals surface area contributed by atoms with Gasteiger partial charge in [-0.1, -0.05) is 83.0 Å². The van der Waals surface area contributed by atoms with Crippen molar-refractivity contribution in [3.63, 3.8) is 0 Å². The number of anilines is 1. The zero-order valence-electron chi connectivity index (χ0n) is 34.7. The molecule has 14 heteroatoms. The van der Waals surface area contributed by atoms with Crippen molar-refractivity contribution in [3.8, 4) is 0 Å². The quantitative estimate of drug-likeness (QED) is 0.0590. The van der Waals surface area contributed by atoms with Crippen molar-refractivity contribution >= 4 is 56.1 Å². The number of unbranched alkanes of at least 4 members (excludes halogenated alkanes) is 3. The zero-order valence-corrected chi connectivity index (χ0v) is 36.3. The summed E-state index contributed by atoms with van der Waals surface area (Å²) in [5.74, 6) is -1.35. The highest BCUT2D eigenvalue weighted by molar-refractivity contribution is 7.91. The Morgan fingerprint density at radius 2 is 1.67 bits per heavy atom. The van der Waals surface area contributed by atoms with E-state index in [0.717, 1.165) is 48.0 Å². The van der Waals surface area contributed by atoms with Crippen LogP contribution in [0.5, 0.6) is 0 Å². The number of aromatic nitrogens is 2. The van der Waals surface area contributed by atoms with E-state index >= 15 is 0 Å². The second-order valence-electron chi connectivity index (χ2n) is 17.0. The number of aliphatic hydroxyl groups is 1. The van der Waals surface area contributed by atoms with Gasteiger partial charge in [-0.3, -0.25) is 19.1 Å². The number of sulfonamides is 1. The molecule has 1 aliphatic heterocycles. The highest BCUT2D eigenvalue weighted by Crippen LogP contribution is 2.48. The number of para-hydroxylation sites is 2. The monoisotopic (exact) mass is 838 g/mol. The molecule has 2 heterocycles. The van der Waals surface area contributed by atoms with Crippen LogP contribution >= 0.6 is 11.6 Å². The Morgan fingerprint density at radius 1 is 0.966 bits per heavy atom. The number of nitrogens with one attached hydrogen (secondary N) is 2. The van der Waals surface area contributed by atoms with Gasteiger partial charge in [-0.25, -0.2) is 13.4 Å². The number of carbonyl (C=O) groups excluding carboxylic acids is 3. The summed E-state index contributed by atoms with van der Waals surface area (Å²) in [6, 6.07) is 14.2. The van der Waals surface area contributed by atoms with E-state index in [4.69, 9.17) is 17.3 Å². The number of hydrogen-bond acceptors (Lipinski definition) is 8. The third-order valence-electron chi connectivity index (χ3n) is 12.3. The Kier molecular flexibility index (Phi) is 15.5. The van der Waals surface area contributed by atoms with Gasteiger partial charge >= 0.3 is 0 Å². The van der Waals surface area contributed by atoms with Crippen molar-refractivity contribution in [2.24, 2.45) is 17.6 Å². The number of β-amino-alcohol motifs (C(OH)–C–C–N with tert-alkyl or cyclic N) is 1. The standard InChI is InChI=1S/C44H63ClN6O6S/c1-29(2)35-20-16-22-37-39(35)48-43(45)51(37)32(5)30(3)23-24-44(25-26-44)58(56,57)49-41(54)31(4)17-12-9-7-6-8-10-15-21-36(47-33-18-13-11-14-19-33)42(55)50-28-34(52)27-38(50)40(46)53/h7,9,11,13-14,16,18-20,22,29-32,34,36,38,47,52H,6,8,10,12,15,17,21,23-28H2,1-5H3,(H2,46,53)(H,49,54)/b9-7-/t30-,31+,32?,34+,36-,38-/m0/s1. The lowest BCUT2D eigenvalue weighted by Gasteiger charge is -2.28. The van der Waals surface area contributed by atoms with Gasteiger partial charge in [0, 0.05) is 30.6 Å². The van der Waals surface area contributed by atoms with E-state index in [-0.39, 0.29) is 30.8 Å². The van der Waals surface area contributed by atoms with Crippen LogP contribution in [0.25, 0.3) is 11.0 Å². The number of carbonyl (C=O) groups is 3. The van der Waals surface area contributed by atoms with E-state index in [1.807, 2.05) is 48.5 Å². The Morgan fingerprint density at radius 3 is 2.34 bits per heavy atom. The number of aliphatic hydroxyl groups excluding tert-OH is 1. The van der Waals surface area contributed by atoms with Gasteiger partial charge < -0.3 is 25.6 Å². The molecule has 1 saturated heterocycles. The topological polar surface area (TPSA) is 177 Å². The molecule has 5 N–H and O–H groups in total. The second-order valence-corrected chi connectivity index (χ2v) is 19.4. The number of nitrogens with two attached hydrogens (primary N) is 1. The molecule has 2 fully saturated rings. The summed E-state index contributed by atoms with van der Waals surface area (Å²) < 4.78 is 30.6. The number of rotatable bonds is 22. The van der Waals surface area contributed by atoms with Crippen LogP contribution < -0.4 is 15.8 Å². The highest BCUT2D eigenvalue weighted by atomic mass is 35.5. The van der Waals surface area contributed by atoms with Crippen LogP contribution in [-0.2, 0) is 24.4 Å². The van der Waals surface area contributed by atoms with Crippen molar-refractivity contribution in [1.29, 1.82) is 0 Å². The van der Waals surface area contributed by atoms with Gasteiger partial charge in [0.2, 0.25) is 33.0 Å². The van der Waals surface area contributed by atoms with Crippen molar-refractivity contribution in [2.45, 2.75) is 147 Å². The maximum Gasteiger partial charge on any atom is 0.245 e. The molecular weight excluding hydrogens is 776 g/mol. The minimum Gasteiger partial charge on any atom is -0.391 e. The smallest absolute Gasteiger partial charge is 0.245 e. The lowest BCUT2D eigenvalue weighted by molar-refractivity contribution is -0.138. The number of nitrogens with zero attached hydrogens (tertiary/aromatic N) is 3. The first kappa shape index (κ1) is 45.1. The van der Waals surface area contributed by atoms with E-state index in [1.165, 1.54) is 4.90 Å². The number of allylic oxidation sites excluding steroid dienone is 2. The van der Waals surface area contributed by atoms with Crippen LogP contribution in [0, 0.1) is 11.8 Å². The largest absolute Gasteiger partial charge is 0.391 e. The number of halogens is 1. The van der Waals surface area contributed by atoms with E-state index in [9.17, 15) is 27.9 Å². The molecule has 2 aromatic carbocycles. The average Bonchev–Trinajstić information content (AvgIpc) is 3.78. The summed E-state index contributed by atoms with van der Waals surface area (Å²) >= 11 is 6.67. The maximum absolute atomic E-state index is 13.5. The molecule has 1 aliphatic carbocycles. The zero-order chi connectivity index (χ0) is 42.2. The number of hydrogen-bond donors (Lipinski definition) is 4. The molecule has 2 aliphatic rings. The third kappa shape index (κ3) is 11.0. The van der Waals surface area contributed by atoms with Gasteiger partial charge in [0.05, 0.1) is 21.9 Å². The molecule has 3 aromatic rings. The fraction of sp³-hybridized carbons (Fsp3) is 0.591. The predicted octanol–water partition coefficient (Wildman–Crippen LogP) is 7.62. The Bertz CT molecular complexity index is 2020. The molecule has 5 rings (SSSR count). The van der Waals surface area contributed by atoms with Crippen molar-refractivity contribution in [3.05, 3.63) is 71.5 Å². The summed E-state index contributed by atoms with van der Waals surface area (Å²) in [7, 11) is -3.84. The van der Waals surface area contributed by atoms with Crippen LogP contribution in [0.15, 0.2) is 60.7 Å². The van der Waals surface area contributed by atoms with Gasteiger partial charge in [0.15, 0.2) is 0 Å². The summed E-state index contributed by atoms with van der Waals surface area (Å²) in [6.07, 6.45) is 10.9. The van der Waals surface area contributed by atoms with E-state index in [2.05, 4.69) is 59.4 Å². The number of fused-ring (bicyclic) bond motifs is 1. The predicted molar refractivity (Wildman–Crippen MR) is 231 cm³/mol. The molecule has 1 aromatic heterocycles. The maximum atomic E-state index is 13.5. The summed E-state index contributed by atoms with van der Waals surface area (Å²) in [5.41, 5.74) is 9.38. The van der Waals surface area contributed by atoms with Crippen molar-refractivity contribution < 1.29 is 27.9 Å². The molecule has 1 saturated carbocycles. The number of primary amides is 1. The van der Waals surface area contributed by atoms with Gasteiger partial charge in [-0.15, -0.1) is 0 Å². The van der Waals surface area contributed by atoms with Crippen molar-refractivity contribution in [1.82, 2.24) is 19.2 Å². The third-order valence-corrected chi connectivity index (χ3v) is 14.8. The molecule has 12 nitrogen and oxygen atoms in total. The molecule has 0 spiro atoms. The number of amides is 3. The first-order valence-corrected chi connectivity index (χ1v) is 22.9. The molecule has 1 unspecified atom stereocenters. The van der Waals surface area contributed by atoms with E-state index < -0.39 is 50.7 Å². The summed E-state index contributed by atoms with van der Waals surface area (Å²) in [4.78, 5) is 44.7. The lowest BCUT2D eigenvalue weighted by Crippen LogP contribution is -2.49. The van der Waals surface area contributed by atoms with E-state index in [0.29, 0.717) is 56.1 Å². The van der Waals surface area contributed by atoms with Gasteiger partial charge in [0.1, 0.15) is 12.1 Å². The van der Waals surface area contributed by atoms with Gasteiger partial charge in [0.25, 0.3) is 0 Å². The van der Waals surface area contributed by atoms with E-state index in [1.54, 1.807) is 6.92 Å². The fourth-order valence-electron chi connectivity index (χ4n) is 8.10. The Hall–Kier alpha value is -3.94. The average molecular weight is 840 g/mol. The van der Waals surface area contributed by atoms with Crippen LogP contribution in [-0.4, -0.2) is 75.2 Å². The molecule has 318 valence electrons. The minimum atomic E-state index is -3.84. The normalized spacial score (nSPS) is 20.0. The van der Waals surface area contributed by atoms with Crippen LogP contribution in [0.2, 0.25) is 5.28 Å². The first-order chi connectivity index (χ1) is 27.5. The Balaban J connectivity index is 1.02. The minimum absolute atomic E-state index is 0.00151. The molecule has 0 bridgehead atoms. The van der Waals surface area contributed by atoms with Crippen molar-refractivity contribution in [2.75, 3.05) is 11.9 Å². The van der Waals surface area contributed by atoms with Crippen LogP contribution in [0.1, 0.15) is 129 Å². The Labute approximate surface area is 349 Å². The number of imidazole rings is 1. The molecule has 3 amide bonds. The number of likely N-dealkylation sites (tertiary alicyclic amines) is 1. The number of benzene rings is 2. The first-order valence-electron chi connectivity index (χ1n) is 21.0. The second kappa shape index (κ2) is 19.9. The summed E-state index contributed by atoms with van der Waals surface area (Å²) in [5, 5.41) is 13.9. The molecule has 6 atom stereocenters. The fourth-order valence-corrected chi connectivity index (χ4v) is 10.1. The van der Waals surface area contributed by atoms with Gasteiger partial charge in [-0.2, -0.15) is 0 Å². The van der Waals surface area contributed by atoms with Crippen LogP contribution in [0.3, 0.4) is 0 Å². The molecular formula is C44H63ClN6O6S. The summed E-state index contributed by atoms with van der Waals surface area (Å²) in [6.45, 7) is 10.3. The molecule has 58 heavy (non-hydrogen) atoms. The van der Waals surface area contributed by atoms with Gasteiger partial charge in [-0.05, 0) is 112 Å². The highest BCUT2D eigenvalue weighted by Gasteiger charge is 2.55. The van der Waals surface area contributed by atoms with Crippen LogP contribution in [0.4, 0.5) is 5.69 Å². The lowest BCUT2D eigenvalue weighted by atomic mass is 9.95.